The van der Waals surface area contributed by atoms with E-state index in [1.54, 1.807) is 18.1 Å². The number of hydrogen-bond donors (Lipinski definition) is 1. The molecular formula is C22H22N4O4. The molecule has 0 spiro atoms. The number of carbonyl (C=O) groups excluding carboxylic acids is 3. The minimum absolute atomic E-state index is 0.130. The summed E-state index contributed by atoms with van der Waals surface area (Å²) in [5.74, 6) is -0.376. The SMILES string of the molecule is CC(=O)n1ncc2c3c(ccc21)CC(NC(=O)OCc1ccccc1)C(=O)N(C)C3. The fraction of sp³-hybridized carbons (Fsp3) is 0.273. The molecule has 1 atom stereocenters. The highest BCUT2D eigenvalue weighted by atomic mass is 16.5. The molecule has 154 valence electrons. The molecule has 0 saturated heterocycles. The summed E-state index contributed by atoms with van der Waals surface area (Å²) < 4.78 is 6.62. The van der Waals surface area contributed by atoms with Crippen LogP contribution in [0.2, 0.25) is 0 Å². The molecule has 0 bridgehead atoms. The van der Waals surface area contributed by atoms with Crippen molar-refractivity contribution < 1.29 is 19.1 Å². The fourth-order valence-corrected chi connectivity index (χ4v) is 3.74. The normalized spacial score (nSPS) is 16.1. The predicted octanol–water partition coefficient (Wildman–Crippen LogP) is 2.51. The van der Waals surface area contributed by atoms with Crippen LogP contribution in [0.25, 0.3) is 10.9 Å². The number of ether oxygens (including phenoxy) is 1. The molecule has 0 aliphatic carbocycles. The summed E-state index contributed by atoms with van der Waals surface area (Å²) in [6, 6.07) is 12.3. The summed E-state index contributed by atoms with van der Waals surface area (Å²) in [4.78, 5) is 38.5. The Balaban J connectivity index is 1.55. The Morgan fingerprint density at radius 1 is 1.20 bits per heavy atom. The molecule has 0 fully saturated rings. The molecule has 1 N–H and O–H groups in total. The first-order chi connectivity index (χ1) is 14.4. The van der Waals surface area contributed by atoms with Crippen molar-refractivity contribution >= 4 is 28.8 Å². The zero-order chi connectivity index (χ0) is 21.3. The van der Waals surface area contributed by atoms with Gasteiger partial charge in [0.05, 0.1) is 11.7 Å². The third kappa shape index (κ3) is 3.76. The number of fused-ring (bicyclic) bond motifs is 3. The van der Waals surface area contributed by atoms with E-state index in [2.05, 4.69) is 10.4 Å². The number of rotatable bonds is 3. The Hall–Kier alpha value is -3.68. The summed E-state index contributed by atoms with van der Waals surface area (Å²) in [5.41, 5.74) is 3.43. The molecule has 1 aromatic heterocycles. The molecule has 30 heavy (non-hydrogen) atoms. The van der Waals surface area contributed by atoms with Gasteiger partial charge >= 0.3 is 6.09 Å². The highest BCUT2D eigenvalue weighted by Gasteiger charge is 2.30. The first-order valence-electron chi connectivity index (χ1n) is 9.65. The minimum Gasteiger partial charge on any atom is -0.445 e. The van der Waals surface area contributed by atoms with Crippen molar-refractivity contribution in [3.05, 3.63) is 65.4 Å². The van der Waals surface area contributed by atoms with Crippen molar-refractivity contribution in [3.63, 3.8) is 0 Å². The zero-order valence-electron chi connectivity index (χ0n) is 16.8. The second kappa shape index (κ2) is 7.98. The van der Waals surface area contributed by atoms with Crippen molar-refractivity contribution in [3.8, 4) is 0 Å². The quantitative estimate of drug-likeness (QED) is 0.721. The van der Waals surface area contributed by atoms with Gasteiger partial charge in [-0.3, -0.25) is 9.59 Å². The van der Waals surface area contributed by atoms with Crippen LogP contribution >= 0.6 is 0 Å². The number of carbonyl (C=O) groups is 3. The zero-order valence-corrected chi connectivity index (χ0v) is 16.8. The van der Waals surface area contributed by atoms with Crippen LogP contribution in [0.15, 0.2) is 48.7 Å². The Bertz CT molecular complexity index is 1120. The average Bonchev–Trinajstić information content (AvgIpc) is 3.13. The van der Waals surface area contributed by atoms with E-state index < -0.39 is 12.1 Å². The van der Waals surface area contributed by atoms with Gasteiger partial charge in [0.15, 0.2) is 0 Å². The standard InChI is InChI=1S/C22H22N4O4/c1-14(27)26-20-9-8-16-10-19(21(28)25(2)12-18(16)17(20)11-23-26)24-22(29)30-13-15-6-4-3-5-7-15/h3-9,11,19H,10,12-13H2,1-2H3,(H,24,29). The third-order valence-electron chi connectivity index (χ3n) is 5.26. The number of amides is 2. The van der Waals surface area contributed by atoms with Crippen LogP contribution in [0.5, 0.6) is 0 Å². The molecule has 4 rings (SSSR count). The lowest BCUT2D eigenvalue weighted by Crippen LogP contribution is -2.47. The molecule has 1 aliphatic rings. The highest BCUT2D eigenvalue weighted by molar-refractivity contribution is 5.93. The molecule has 0 radical (unpaired) electrons. The van der Waals surface area contributed by atoms with E-state index in [0.717, 1.165) is 22.1 Å². The van der Waals surface area contributed by atoms with E-state index in [1.807, 2.05) is 42.5 Å². The average molecular weight is 406 g/mol. The number of aromatic nitrogens is 2. The largest absolute Gasteiger partial charge is 0.445 e. The lowest BCUT2D eigenvalue weighted by molar-refractivity contribution is -0.132. The Morgan fingerprint density at radius 2 is 1.97 bits per heavy atom. The third-order valence-corrected chi connectivity index (χ3v) is 5.26. The summed E-state index contributed by atoms with van der Waals surface area (Å²) >= 11 is 0. The van der Waals surface area contributed by atoms with Crippen LogP contribution in [0.4, 0.5) is 4.79 Å². The number of benzene rings is 2. The maximum Gasteiger partial charge on any atom is 0.408 e. The van der Waals surface area contributed by atoms with Gasteiger partial charge in [-0.15, -0.1) is 0 Å². The number of alkyl carbamates (subject to hydrolysis) is 1. The number of likely N-dealkylation sites (N-methyl/N-ethyl adjacent to an activating group) is 1. The molecule has 2 aromatic carbocycles. The smallest absolute Gasteiger partial charge is 0.408 e. The van der Waals surface area contributed by atoms with E-state index >= 15 is 0 Å². The fourth-order valence-electron chi connectivity index (χ4n) is 3.74. The van der Waals surface area contributed by atoms with Crippen LogP contribution < -0.4 is 5.32 Å². The van der Waals surface area contributed by atoms with E-state index in [1.165, 1.54) is 11.6 Å². The maximum absolute atomic E-state index is 12.9. The molecule has 8 heteroatoms. The number of nitrogens with zero attached hydrogens (tertiary/aromatic N) is 3. The second-order valence-electron chi connectivity index (χ2n) is 7.37. The lowest BCUT2D eigenvalue weighted by Gasteiger charge is -2.20. The number of nitrogens with one attached hydrogen (secondary N) is 1. The minimum atomic E-state index is -0.736. The molecule has 0 saturated carbocycles. The van der Waals surface area contributed by atoms with E-state index in [9.17, 15) is 14.4 Å². The van der Waals surface area contributed by atoms with Gasteiger partial charge < -0.3 is 15.0 Å². The Kier molecular flexibility index (Phi) is 5.22. The van der Waals surface area contributed by atoms with Gasteiger partial charge in [-0.1, -0.05) is 36.4 Å². The monoisotopic (exact) mass is 406 g/mol. The molecule has 2 amide bonds. The first kappa shape index (κ1) is 19.6. The predicted molar refractivity (Wildman–Crippen MR) is 110 cm³/mol. The van der Waals surface area contributed by atoms with Gasteiger partial charge in [-0.05, 0) is 22.8 Å². The summed E-state index contributed by atoms with van der Waals surface area (Å²) in [6.07, 6.45) is 1.34. The van der Waals surface area contributed by atoms with Gasteiger partial charge in [0.25, 0.3) is 0 Å². The number of hydrogen-bond acceptors (Lipinski definition) is 5. The topological polar surface area (TPSA) is 93.5 Å². The van der Waals surface area contributed by atoms with Crippen LogP contribution in [0.3, 0.4) is 0 Å². The van der Waals surface area contributed by atoms with Crippen molar-refractivity contribution in [2.24, 2.45) is 0 Å². The Labute approximate surface area is 173 Å². The van der Waals surface area contributed by atoms with E-state index in [-0.39, 0.29) is 18.4 Å². The van der Waals surface area contributed by atoms with Crippen LogP contribution in [0.1, 0.15) is 28.4 Å². The van der Waals surface area contributed by atoms with Crippen molar-refractivity contribution in [2.75, 3.05) is 7.05 Å². The first-order valence-corrected chi connectivity index (χ1v) is 9.65. The molecular weight excluding hydrogens is 384 g/mol. The molecule has 1 aliphatic heterocycles. The Morgan fingerprint density at radius 3 is 2.70 bits per heavy atom. The van der Waals surface area contributed by atoms with Gasteiger partial charge in [0.2, 0.25) is 11.8 Å². The molecule has 8 nitrogen and oxygen atoms in total. The van der Waals surface area contributed by atoms with Crippen LogP contribution in [0, 0.1) is 0 Å². The summed E-state index contributed by atoms with van der Waals surface area (Å²) in [6.45, 7) is 1.95. The molecule has 1 unspecified atom stereocenters. The second-order valence-corrected chi connectivity index (χ2v) is 7.37. The van der Waals surface area contributed by atoms with Crippen molar-refractivity contribution in [1.29, 1.82) is 0 Å². The van der Waals surface area contributed by atoms with Gasteiger partial charge in [-0.25, -0.2) is 9.48 Å². The molecule has 3 aromatic rings. The van der Waals surface area contributed by atoms with Gasteiger partial charge in [0.1, 0.15) is 12.6 Å². The summed E-state index contributed by atoms with van der Waals surface area (Å²) in [7, 11) is 1.69. The highest BCUT2D eigenvalue weighted by Crippen LogP contribution is 2.27. The van der Waals surface area contributed by atoms with E-state index in [0.29, 0.717) is 18.5 Å². The van der Waals surface area contributed by atoms with Crippen LogP contribution in [-0.2, 0) is 29.1 Å². The lowest BCUT2D eigenvalue weighted by atomic mass is 9.99. The summed E-state index contributed by atoms with van der Waals surface area (Å²) in [5, 5.41) is 7.69. The maximum atomic E-state index is 12.9. The van der Waals surface area contributed by atoms with Gasteiger partial charge in [0, 0.05) is 32.3 Å². The van der Waals surface area contributed by atoms with Crippen molar-refractivity contribution in [2.45, 2.75) is 32.5 Å². The van der Waals surface area contributed by atoms with E-state index in [4.69, 9.17) is 4.74 Å². The van der Waals surface area contributed by atoms with Gasteiger partial charge in [-0.2, -0.15) is 5.10 Å². The van der Waals surface area contributed by atoms with Crippen molar-refractivity contribution in [1.82, 2.24) is 20.0 Å². The molecule has 2 heterocycles. The van der Waals surface area contributed by atoms with Crippen LogP contribution in [-0.4, -0.2) is 45.7 Å².